The summed E-state index contributed by atoms with van der Waals surface area (Å²) in [6.45, 7) is 1.89. The van der Waals surface area contributed by atoms with Crippen molar-refractivity contribution in [2.75, 3.05) is 0 Å². The van der Waals surface area contributed by atoms with Gasteiger partial charge in [-0.25, -0.2) is 0 Å². The van der Waals surface area contributed by atoms with Crippen LogP contribution in [0.2, 0.25) is 0 Å². The van der Waals surface area contributed by atoms with Crippen LogP contribution in [0.5, 0.6) is 0 Å². The van der Waals surface area contributed by atoms with E-state index in [0.29, 0.717) is 10.8 Å². The standard InChI is InChI=1S/C10H6N6OS2/c1-5-7(19-15-11-5)8-12-13-10-16(8)14-9(18-10)6-3-2-4-17-6/h2-4H,1H3. The Bertz CT molecular complexity index is 843. The van der Waals surface area contributed by atoms with E-state index < -0.39 is 0 Å². The summed E-state index contributed by atoms with van der Waals surface area (Å²) in [6.07, 6.45) is 1.62. The maximum absolute atomic E-state index is 5.34. The summed E-state index contributed by atoms with van der Waals surface area (Å²) in [6, 6.07) is 3.70. The second-order valence-corrected chi connectivity index (χ2v) is 5.50. The Hall–Kier alpha value is -2.13. The highest BCUT2D eigenvalue weighted by molar-refractivity contribution is 7.19. The third kappa shape index (κ3) is 1.59. The van der Waals surface area contributed by atoms with E-state index in [4.69, 9.17) is 4.42 Å². The number of fused-ring (bicyclic) bond motifs is 1. The molecule has 4 rings (SSSR count). The number of aryl methyl sites for hydroxylation is 1. The molecule has 0 bridgehead atoms. The van der Waals surface area contributed by atoms with E-state index in [9.17, 15) is 0 Å². The SMILES string of the molecule is Cc1nnsc1-c1nnc2sc(-c3ccco3)nn12. The summed E-state index contributed by atoms with van der Waals surface area (Å²) in [5.74, 6) is 1.39. The second-order valence-electron chi connectivity index (χ2n) is 3.79. The lowest BCUT2D eigenvalue weighted by Crippen LogP contribution is -1.90. The lowest BCUT2D eigenvalue weighted by atomic mass is 10.4. The molecule has 0 N–H and O–H groups in total. The Morgan fingerprint density at radius 1 is 1.26 bits per heavy atom. The lowest BCUT2D eigenvalue weighted by Gasteiger charge is -1.91. The van der Waals surface area contributed by atoms with E-state index in [1.54, 1.807) is 10.8 Å². The fourth-order valence-electron chi connectivity index (χ4n) is 1.69. The number of furan rings is 1. The first kappa shape index (κ1) is 10.8. The van der Waals surface area contributed by atoms with Crippen LogP contribution < -0.4 is 0 Å². The first-order chi connectivity index (χ1) is 9.33. The summed E-state index contributed by atoms with van der Waals surface area (Å²) in [5.41, 5.74) is 0.826. The van der Waals surface area contributed by atoms with Crippen LogP contribution >= 0.6 is 22.9 Å². The minimum Gasteiger partial charge on any atom is -0.462 e. The van der Waals surface area contributed by atoms with Gasteiger partial charge in [0.1, 0.15) is 4.88 Å². The summed E-state index contributed by atoms with van der Waals surface area (Å²) in [5, 5.41) is 17.5. The minimum absolute atomic E-state index is 0.663. The van der Waals surface area contributed by atoms with Crippen LogP contribution in [0.1, 0.15) is 5.69 Å². The van der Waals surface area contributed by atoms with Gasteiger partial charge in [0.15, 0.2) is 16.6 Å². The highest BCUT2D eigenvalue weighted by Crippen LogP contribution is 2.29. The Morgan fingerprint density at radius 2 is 2.21 bits per heavy atom. The van der Waals surface area contributed by atoms with Crippen molar-refractivity contribution in [3.8, 4) is 21.5 Å². The molecule has 0 saturated carbocycles. The van der Waals surface area contributed by atoms with Gasteiger partial charge >= 0.3 is 0 Å². The molecule has 9 heteroatoms. The Kier molecular flexibility index (Phi) is 2.23. The van der Waals surface area contributed by atoms with Crippen molar-refractivity contribution in [1.82, 2.24) is 29.4 Å². The molecule has 0 amide bonds. The van der Waals surface area contributed by atoms with E-state index in [-0.39, 0.29) is 0 Å². The largest absolute Gasteiger partial charge is 0.462 e. The van der Waals surface area contributed by atoms with Crippen LogP contribution in [-0.4, -0.2) is 29.4 Å². The van der Waals surface area contributed by atoms with Gasteiger partial charge in [-0.3, -0.25) is 0 Å². The van der Waals surface area contributed by atoms with Crippen molar-refractivity contribution in [2.24, 2.45) is 0 Å². The topological polar surface area (TPSA) is 82.0 Å². The molecule has 4 aromatic rings. The molecular formula is C10H6N6OS2. The van der Waals surface area contributed by atoms with Crippen LogP contribution in [-0.2, 0) is 0 Å². The zero-order valence-corrected chi connectivity index (χ0v) is 11.3. The summed E-state index contributed by atoms with van der Waals surface area (Å²) >= 11 is 2.71. The van der Waals surface area contributed by atoms with E-state index >= 15 is 0 Å². The third-order valence-corrected chi connectivity index (χ3v) is 4.31. The fourth-order valence-corrected chi connectivity index (χ4v) is 3.13. The van der Waals surface area contributed by atoms with Gasteiger partial charge in [-0.1, -0.05) is 15.8 Å². The summed E-state index contributed by atoms with van der Waals surface area (Å²) in [7, 11) is 0. The molecule has 0 aliphatic heterocycles. The lowest BCUT2D eigenvalue weighted by molar-refractivity contribution is 0.580. The molecule has 0 aromatic carbocycles. The minimum atomic E-state index is 0.663. The van der Waals surface area contributed by atoms with Gasteiger partial charge in [-0.15, -0.1) is 20.4 Å². The van der Waals surface area contributed by atoms with E-state index in [1.807, 2.05) is 19.1 Å². The highest BCUT2D eigenvalue weighted by atomic mass is 32.1. The van der Waals surface area contributed by atoms with E-state index in [1.165, 1.54) is 22.9 Å². The fraction of sp³-hybridized carbons (Fsp3) is 0.100. The van der Waals surface area contributed by atoms with E-state index in [2.05, 4.69) is 24.9 Å². The quantitative estimate of drug-likeness (QED) is 0.563. The zero-order valence-electron chi connectivity index (χ0n) is 9.64. The molecule has 4 heterocycles. The van der Waals surface area contributed by atoms with Gasteiger partial charge in [0.05, 0.1) is 12.0 Å². The molecule has 0 aliphatic carbocycles. The van der Waals surface area contributed by atoms with Crippen molar-refractivity contribution in [3.63, 3.8) is 0 Å². The maximum Gasteiger partial charge on any atom is 0.235 e. The Morgan fingerprint density at radius 3 is 2.95 bits per heavy atom. The number of rotatable bonds is 2. The van der Waals surface area contributed by atoms with Crippen molar-refractivity contribution in [3.05, 3.63) is 24.1 Å². The predicted molar refractivity (Wildman–Crippen MR) is 70.0 cm³/mol. The van der Waals surface area contributed by atoms with Gasteiger partial charge in [0.25, 0.3) is 0 Å². The van der Waals surface area contributed by atoms with Crippen molar-refractivity contribution in [2.45, 2.75) is 6.92 Å². The van der Waals surface area contributed by atoms with Crippen LogP contribution in [0.25, 0.3) is 26.4 Å². The number of hydrogen-bond donors (Lipinski definition) is 0. The summed E-state index contributed by atoms with van der Waals surface area (Å²) in [4.78, 5) is 1.60. The van der Waals surface area contributed by atoms with Gasteiger partial charge in [-0.05, 0) is 30.6 Å². The first-order valence-electron chi connectivity index (χ1n) is 5.38. The average Bonchev–Trinajstić information content (AvgIpc) is 3.11. The molecule has 7 nitrogen and oxygen atoms in total. The molecule has 0 radical (unpaired) electrons. The number of hydrogen-bond acceptors (Lipinski definition) is 8. The van der Waals surface area contributed by atoms with Gasteiger partial charge in [-0.2, -0.15) is 4.52 Å². The van der Waals surface area contributed by atoms with Crippen molar-refractivity contribution in [1.29, 1.82) is 0 Å². The van der Waals surface area contributed by atoms with Crippen LogP contribution in [0.15, 0.2) is 22.8 Å². The first-order valence-corrected chi connectivity index (χ1v) is 6.97. The third-order valence-electron chi connectivity index (χ3n) is 2.58. The van der Waals surface area contributed by atoms with Crippen LogP contribution in [0.4, 0.5) is 0 Å². The summed E-state index contributed by atoms with van der Waals surface area (Å²) < 4.78 is 10.9. The predicted octanol–water partition coefficient (Wildman–Crippen LogP) is 2.27. The normalized spacial score (nSPS) is 11.4. The molecule has 0 saturated heterocycles. The molecule has 0 atom stereocenters. The monoisotopic (exact) mass is 290 g/mol. The van der Waals surface area contributed by atoms with Crippen molar-refractivity contribution < 1.29 is 4.42 Å². The molecule has 94 valence electrons. The Labute approximate surface area is 114 Å². The molecule has 0 fully saturated rings. The maximum atomic E-state index is 5.34. The smallest absolute Gasteiger partial charge is 0.235 e. The van der Waals surface area contributed by atoms with Gasteiger partial charge in [0, 0.05) is 0 Å². The van der Waals surface area contributed by atoms with E-state index in [0.717, 1.165) is 21.3 Å². The van der Waals surface area contributed by atoms with Crippen LogP contribution in [0, 0.1) is 6.92 Å². The molecule has 19 heavy (non-hydrogen) atoms. The molecule has 0 unspecified atom stereocenters. The van der Waals surface area contributed by atoms with Gasteiger partial charge < -0.3 is 4.42 Å². The average molecular weight is 290 g/mol. The molecule has 0 spiro atoms. The van der Waals surface area contributed by atoms with Crippen LogP contribution in [0.3, 0.4) is 0 Å². The highest BCUT2D eigenvalue weighted by Gasteiger charge is 2.18. The molecule has 0 aliphatic rings. The second kappa shape index (κ2) is 3.93. The molecular weight excluding hydrogens is 284 g/mol. The molecule has 4 aromatic heterocycles. The Balaban J connectivity index is 1.92. The van der Waals surface area contributed by atoms with Gasteiger partial charge in [0.2, 0.25) is 4.96 Å². The zero-order chi connectivity index (χ0) is 12.8. The number of nitrogens with zero attached hydrogens (tertiary/aromatic N) is 6. The van der Waals surface area contributed by atoms with Crippen molar-refractivity contribution >= 4 is 27.8 Å². The number of aromatic nitrogens is 6.